The summed E-state index contributed by atoms with van der Waals surface area (Å²) in [6.07, 6.45) is 1.62. The van der Waals surface area contributed by atoms with Crippen molar-refractivity contribution >= 4 is 44.2 Å². The summed E-state index contributed by atoms with van der Waals surface area (Å²) >= 11 is 5.06. The van der Waals surface area contributed by atoms with Gasteiger partial charge in [0.1, 0.15) is 0 Å². The first-order chi connectivity index (χ1) is 9.24. The molecule has 0 spiro atoms. The molecule has 0 radical (unpaired) electrons. The van der Waals surface area contributed by atoms with E-state index >= 15 is 0 Å². The first-order valence-corrected chi connectivity index (χ1v) is 7.34. The lowest BCUT2D eigenvalue weighted by Gasteiger charge is -2.04. The Morgan fingerprint density at radius 3 is 3.11 bits per heavy atom. The molecule has 3 aromatic rings. The average molecular weight is 336 g/mol. The highest BCUT2D eigenvalue weighted by atomic mass is 79.9. The van der Waals surface area contributed by atoms with Gasteiger partial charge in [0.15, 0.2) is 0 Å². The van der Waals surface area contributed by atoms with Gasteiger partial charge in [-0.1, -0.05) is 0 Å². The number of H-pyrrole nitrogens is 1. The van der Waals surface area contributed by atoms with E-state index in [9.17, 15) is 4.79 Å². The van der Waals surface area contributed by atoms with Gasteiger partial charge in [-0.15, -0.1) is 11.3 Å². The summed E-state index contributed by atoms with van der Waals surface area (Å²) in [6, 6.07) is 7.40. The van der Waals surface area contributed by atoms with Crippen LogP contribution in [0.15, 0.2) is 40.4 Å². The number of nitrogens with zero attached hydrogens (tertiary/aromatic N) is 1. The predicted octanol–water partition coefficient (Wildman–Crippen LogP) is 3.32. The number of aromatic nitrogens is 2. The second kappa shape index (κ2) is 5.14. The number of carbonyl (C=O) groups excluding carboxylic acids is 1. The number of hydrogen-bond acceptors (Lipinski definition) is 3. The SMILES string of the molecule is O=C(NCc1sccc1Br)c1ccc2nc[nH]c2c1. The van der Waals surface area contributed by atoms with Crippen LogP contribution in [0.3, 0.4) is 0 Å². The molecular weight excluding hydrogens is 326 g/mol. The van der Waals surface area contributed by atoms with Gasteiger partial charge >= 0.3 is 0 Å². The van der Waals surface area contributed by atoms with Gasteiger partial charge in [-0.05, 0) is 45.6 Å². The number of amides is 1. The van der Waals surface area contributed by atoms with Crippen molar-refractivity contribution in [2.24, 2.45) is 0 Å². The van der Waals surface area contributed by atoms with Crippen LogP contribution in [0.5, 0.6) is 0 Å². The van der Waals surface area contributed by atoms with Gasteiger partial charge in [0.25, 0.3) is 5.91 Å². The van der Waals surface area contributed by atoms with Crippen LogP contribution >= 0.6 is 27.3 Å². The third kappa shape index (κ3) is 2.54. The zero-order valence-corrected chi connectivity index (χ0v) is 12.2. The van der Waals surface area contributed by atoms with Crippen LogP contribution in [0.25, 0.3) is 11.0 Å². The topological polar surface area (TPSA) is 57.8 Å². The molecule has 3 rings (SSSR count). The molecule has 1 aromatic carbocycles. The highest BCUT2D eigenvalue weighted by Gasteiger charge is 2.08. The summed E-state index contributed by atoms with van der Waals surface area (Å²) in [5.74, 6) is -0.0863. The minimum absolute atomic E-state index is 0.0863. The van der Waals surface area contributed by atoms with Crippen LogP contribution in [0.4, 0.5) is 0 Å². The van der Waals surface area contributed by atoms with Crippen LogP contribution in [-0.2, 0) is 6.54 Å². The van der Waals surface area contributed by atoms with E-state index in [1.807, 2.05) is 17.5 Å². The maximum atomic E-state index is 12.1. The van der Waals surface area contributed by atoms with E-state index in [0.29, 0.717) is 12.1 Å². The molecule has 0 bridgehead atoms. The van der Waals surface area contributed by atoms with E-state index < -0.39 is 0 Å². The molecule has 0 aliphatic heterocycles. The van der Waals surface area contributed by atoms with Crippen molar-refractivity contribution in [3.05, 3.63) is 50.9 Å². The number of carbonyl (C=O) groups is 1. The number of fused-ring (bicyclic) bond motifs is 1. The Kier molecular flexibility index (Phi) is 3.35. The number of benzene rings is 1. The first kappa shape index (κ1) is 12.4. The Bertz CT molecular complexity index is 734. The number of imidazole rings is 1. The van der Waals surface area contributed by atoms with Gasteiger partial charge in [-0.3, -0.25) is 4.79 Å². The van der Waals surface area contributed by atoms with E-state index in [0.717, 1.165) is 20.4 Å². The number of aromatic amines is 1. The van der Waals surface area contributed by atoms with Crippen molar-refractivity contribution in [2.75, 3.05) is 0 Å². The summed E-state index contributed by atoms with van der Waals surface area (Å²) in [6.45, 7) is 0.526. The molecule has 0 saturated heterocycles. The van der Waals surface area contributed by atoms with Crippen molar-refractivity contribution in [2.45, 2.75) is 6.54 Å². The third-order valence-electron chi connectivity index (χ3n) is 2.78. The highest BCUT2D eigenvalue weighted by Crippen LogP contribution is 2.22. The Balaban J connectivity index is 1.74. The highest BCUT2D eigenvalue weighted by molar-refractivity contribution is 9.10. The number of nitrogens with one attached hydrogen (secondary N) is 2. The molecule has 0 saturated carbocycles. The molecular formula is C13H10BrN3OS. The fourth-order valence-corrected chi connectivity index (χ4v) is 3.22. The van der Waals surface area contributed by atoms with Gasteiger partial charge in [0, 0.05) is 14.9 Å². The third-order valence-corrected chi connectivity index (χ3v) is 4.71. The first-order valence-electron chi connectivity index (χ1n) is 5.67. The maximum Gasteiger partial charge on any atom is 0.251 e. The van der Waals surface area contributed by atoms with Crippen LogP contribution in [-0.4, -0.2) is 15.9 Å². The van der Waals surface area contributed by atoms with E-state index in [1.54, 1.807) is 29.8 Å². The monoisotopic (exact) mass is 335 g/mol. The minimum Gasteiger partial charge on any atom is -0.347 e. The lowest BCUT2D eigenvalue weighted by atomic mass is 10.2. The van der Waals surface area contributed by atoms with Crippen LogP contribution in [0.2, 0.25) is 0 Å². The standard InChI is InChI=1S/C13H10BrN3OS/c14-9-3-4-19-12(9)6-15-13(18)8-1-2-10-11(5-8)17-7-16-10/h1-5,7H,6H2,(H,15,18)(H,16,17). The molecule has 2 heterocycles. The summed E-state index contributed by atoms with van der Waals surface area (Å²) in [7, 11) is 0. The van der Waals surface area contributed by atoms with Gasteiger partial charge in [0.05, 0.1) is 23.9 Å². The van der Waals surface area contributed by atoms with Crippen molar-refractivity contribution in [1.29, 1.82) is 0 Å². The van der Waals surface area contributed by atoms with Crippen molar-refractivity contribution < 1.29 is 4.79 Å². The molecule has 1 amide bonds. The summed E-state index contributed by atoms with van der Waals surface area (Å²) in [5, 5.41) is 4.89. The van der Waals surface area contributed by atoms with Gasteiger partial charge < -0.3 is 10.3 Å². The zero-order chi connectivity index (χ0) is 13.2. The Hall–Kier alpha value is -1.66. The van der Waals surface area contributed by atoms with Gasteiger partial charge in [0.2, 0.25) is 0 Å². The second-order valence-corrected chi connectivity index (χ2v) is 5.86. The largest absolute Gasteiger partial charge is 0.347 e. The zero-order valence-electron chi connectivity index (χ0n) is 9.81. The quantitative estimate of drug-likeness (QED) is 0.771. The van der Waals surface area contributed by atoms with Crippen molar-refractivity contribution in [3.8, 4) is 0 Å². The molecule has 0 fully saturated rings. The average Bonchev–Trinajstić information content (AvgIpc) is 3.03. The summed E-state index contributed by atoms with van der Waals surface area (Å²) in [5.41, 5.74) is 2.35. The number of hydrogen-bond donors (Lipinski definition) is 2. The van der Waals surface area contributed by atoms with Crippen molar-refractivity contribution in [3.63, 3.8) is 0 Å². The van der Waals surface area contributed by atoms with Crippen LogP contribution < -0.4 is 5.32 Å². The number of halogens is 1. The molecule has 19 heavy (non-hydrogen) atoms. The molecule has 0 aliphatic carbocycles. The second-order valence-electron chi connectivity index (χ2n) is 4.01. The molecule has 2 aromatic heterocycles. The fraction of sp³-hybridized carbons (Fsp3) is 0.0769. The van der Waals surface area contributed by atoms with Crippen LogP contribution in [0.1, 0.15) is 15.2 Å². The van der Waals surface area contributed by atoms with Crippen molar-refractivity contribution in [1.82, 2.24) is 15.3 Å². The molecule has 2 N–H and O–H groups in total. The molecule has 0 atom stereocenters. The maximum absolute atomic E-state index is 12.1. The van der Waals surface area contributed by atoms with Gasteiger partial charge in [-0.2, -0.15) is 0 Å². The summed E-state index contributed by atoms with van der Waals surface area (Å²) < 4.78 is 1.03. The Labute approximate surface area is 122 Å². The lowest BCUT2D eigenvalue weighted by Crippen LogP contribution is -2.22. The van der Waals surface area contributed by atoms with Gasteiger partial charge in [-0.25, -0.2) is 4.98 Å². The normalized spacial score (nSPS) is 10.8. The molecule has 6 heteroatoms. The predicted molar refractivity (Wildman–Crippen MR) is 79.3 cm³/mol. The molecule has 96 valence electrons. The van der Waals surface area contributed by atoms with Crippen LogP contribution in [0, 0.1) is 0 Å². The minimum atomic E-state index is -0.0863. The van der Waals surface area contributed by atoms with E-state index in [1.165, 1.54) is 0 Å². The number of thiophene rings is 1. The smallest absolute Gasteiger partial charge is 0.251 e. The fourth-order valence-electron chi connectivity index (χ4n) is 1.79. The molecule has 0 aliphatic rings. The summed E-state index contributed by atoms with van der Waals surface area (Å²) in [4.78, 5) is 20.3. The Morgan fingerprint density at radius 2 is 2.32 bits per heavy atom. The van der Waals surface area contributed by atoms with E-state index in [2.05, 4.69) is 31.2 Å². The Morgan fingerprint density at radius 1 is 1.42 bits per heavy atom. The number of rotatable bonds is 3. The molecule has 4 nitrogen and oxygen atoms in total. The molecule has 0 unspecified atom stereocenters. The van der Waals surface area contributed by atoms with E-state index in [4.69, 9.17) is 0 Å². The van der Waals surface area contributed by atoms with E-state index in [-0.39, 0.29) is 5.91 Å². The lowest BCUT2D eigenvalue weighted by molar-refractivity contribution is 0.0951.